The van der Waals surface area contributed by atoms with Gasteiger partial charge in [0.25, 0.3) is 0 Å². The maximum absolute atomic E-state index is 7.50. The molecule has 158 valence electrons. The van der Waals surface area contributed by atoms with E-state index in [-0.39, 0.29) is 41.8 Å². The molecule has 1 aromatic carbocycles. The van der Waals surface area contributed by atoms with Crippen molar-refractivity contribution in [2.45, 2.75) is 37.0 Å². The number of ether oxygens (including phenoxy) is 6. The predicted molar refractivity (Wildman–Crippen MR) is 89.1 cm³/mol. The van der Waals surface area contributed by atoms with Gasteiger partial charge in [0.1, 0.15) is 24.4 Å². The number of hydrogen-bond acceptors (Lipinski definition) is 6. The molecule has 2 aliphatic rings. The minimum atomic E-state index is -0.503. The van der Waals surface area contributed by atoms with Gasteiger partial charge in [-0.25, -0.2) is 0 Å². The summed E-state index contributed by atoms with van der Waals surface area (Å²) in [5.74, 6) is 0. The molecule has 0 radical (unpaired) electrons. The van der Waals surface area contributed by atoms with Crippen molar-refractivity contribution in [2.24, 2.45) is 0 Å². The molecule has 6 atom stereocenters. The molecule has 1 aromatic rings. The van der Waals surface area contributed by atoms with Crippen LogP contribution in [0.2, 0.25) is 0 Å². The topological polar surface area (TPSA) is 115 Å². The van der Waals surface area contributed by atoms with Crippen LogP contribution in [-0.4, -0.2) is 58.6 Å². The molecule has 2 aliphatic heterocycles. The van der Waals surface area contributed by atoms with Crippen LogP contribution in [0.25, 0.3) is 0 Å². The van der Waals surface area contributed by atoms with Gasteiger partial charge >= 0.3 is 33.9 Å². The molecule has 0 spiro atoms. The number of hydrogen-bond donors (Lipinski definition) is 0. The normalized spacial score (nSPS) is 29.4. The fourth-order valence-corrected chi connectivity index (χ4v) is 3.03. The molecule has 0 amide bonds. The van der Waals surface area contributed by atoms with E-state index in [0.717, 1.165) is 5.56 Å². The van der Waals surface area contributed by atoms with E-state index in [1.807, 2.05) is 30.3 Å². The zero-order valence-electron chi connectivity index (χ0n) is 16.1. The Morgan fingerprint density at radius 2 is 1.38 bits per heavy atom. The summed E-state index contributed by atoms with van der Waals surface area (Å²) in [6.45, 7) is 13.9. The van der Waals surface area contributed by atoms with Crippen molar-refractivity contribution < 1.29 is 59.7 Å². The molecule has 0 bridgehead atoms. The van der Waals surface area contributed by atoms with Crippen molar-refractivity contribution in [3.05, 3.63) is 55.8 Å². The van der Waals surface area contributed by atoms with Gasteiger partial charge in [-0.1, -0.05) is 30.3 Å². The molecule has 0 aliphatic carbocycles. The van der Waals surface area contributed by atoms with Crippen molar-refractivity contribution in [1.29, 1.82) is 0 Å². The van der Waals surface area contributed by atoms with Gasteiger partial charge in [-0.15, -0.1) is 0 Å². The maximum atomic E-state index is 7.50. The molecule has 2 fully saturated rings. The third-order valence-electron chi connectivity index (χ3n) is 4.13. The first-order valence-corrected chi connectivity index (χ1v) is 7.95. The molecule has 0 aromatic heterocycles. The molecule has 0 N–H and O–H groups in total. The molecule has 2 heterocycles. The summed E-state index contributed by atoms with van der Waals surface area (Å²) < 4.78 is 56.7. The first kappa shape index (κ1) is 29.9. The minimum absolute atomic E-state index is 0. The Labute approximate surface area is 180 Å². The minimum Gasteiger partial charge on any atom is 0 e. The van der Waals surface area contributed by atoms with E-state index in [1.54, 1.807) is 21.3 Å². The molecule has 2 saturated heterocycles. The van der Waals surface area contributed by atoms with Gasteiger partial charge in [0.2, 0.25) is 0 Å². The van der Waals surface area contributed by atoms with Crippen LogP contribution in [0.5, 0.6) is 0 Å². The zero-order chi connectivity index (χ0) is 21.5. The van der Waals surface area contributed by atoms with Gasteiger partial charge in [0, 0.05) is 44.3 Å². The second kappa shape index (κ2) is 17.6. The Morgan fingerprint density at radius 3 is 1.86 bits per heavy atom. The molecule has 9 nitrogen and oxygen atoms in total. The number of benzene rings is 1. The summed E-state index contributed by atoms with van der Waals surface area (Å²) in [6, 6.07) is 9.82. The second-order valence-electron chi connectivity index (χ2n) is 5.36. The Hall–Kier alpha value is -1.27. The third kappa shape index (κ3) is 7.82. The van der Waals surface area contributed by atoms with Gasteiger partial charge in [-0.3, -0.25) is 0 Å². The fourth-order valence-electron chi connectivity index (χ4n) is 3.03. The van der Waals surface area contributed by atoms with Crippen LogP contribution in [0, 0.1) is 20.0 Å². The molecule has 0 saturated carbocycles. The van der Waals surface area contributed by atoms with Crippen LogP contribution in [0.1, 0.15) is 11.9 Å². The Balaban J connectivity index is 0. The Kier molecular flexibility index (Phi) is 18.1. The van der Waals surface area contributed by atoms with Crippen LogP contribution < -0.4 is 0 Å². The van der Waals surface area contributed by atoms with Crippen LogP contribution in [0.3, 0.4) is 0 Å². The van der Waals surface area contributed by atoms with Gasteiger partial charge < -0.3 is 28.4 Å². The number of methoxy groups -OCH3 is 3. The summed E-state index contributed by atoms with van der Waals surface area (Å²) in [5, 5.41) is 0. The number of rotatable bonds is 4. The maximum Gasteiger partial charge on any atom is 0 e. The van der Waals surface area contributed by atoms with E-state index in [4.69, 9.17) is 42.4 Å². The molecular weight excluding hydrogens is 424 g/mol. The van der Waals surface area contributed by atoms with Crippen molar-refractivity contribution >= 4 is 0 Å². The van der Waals surface area contributed by atoms with Crippen molar-refractivity contribution in [3.8, 4) is 0 Å². The first-order valence-electron chi connectivity index (χ1n) is 7.95. The predicted octanol–water partition coefficient (Wildman–Crippen LogP) is 1.39. The monoisotopic (exact) mass is 446 g/mol. The van der Waals surface area contributed by atoms with E-state index in [9.17, 15) is 0 Å². The van der Waals surface area contributed by atoms with E-state index in [1.165, 1.54) is 0 Å². The largest absolute Gasteiger partial charge is 0 e. The van der Waals surface area contributed by atoms with Gasteiger partial charge in [0.05, 0.1) is 6.61 Å². The van der Waals surface area contributed by atoms with Gasteiger partial charge in [-0.2, -0.15) is 0 Å². The summed E-state index contributed by atoms with van der Waals surface area (Å²) >= 11 is 0. The van der Waals surface area contributed by atoms with Crippen LogP contribution in [0.4, 0.5) is 0 Å². The fraction of sp³-hybridized carbons (Fsp3) is 0.526. The quantitative estimate of drug-likeness (QED) is 0.510. The molecular formula is C19H22CrO9. The smallest absolute Gasteiger partial charge is 0 e. The van der Waals surface area contributed by atoms with Gasteiger partial charge in [0.15, 0.2) is 12.6 Å². The average molecular weight is 446 g/mol. The summed E-state index contributed by atoms with van der Waals surface area (Å²) in [7, 11) is 4.84. The van der Waals surface area contributed by atoms with Gasteiger partial charge in [-0.05, 0) is 0 Å². The average Bonchev–Trinajstić information content (AvgIpc) is 2.81. The summed E-state index contributed by atoms with van der Waals surface area (Å²) in [6.07, 6.45) is -2.10. The third-order valence-corrected chi connectivity index (χ3v) is 4.13. The summed E-state index contributed by atoms with van der Waals surface area (Å²) in [5.41, 5.74) is 0.971. The van der Waals surface area contributed by atoms with E-state index in [2.05, 4.69) is 20.0 Å². The second-order valence-corrected chi connectivity index (χ2v) is 5.36. The SMILES string of the molecule is CO[C@H]1O[C@@H]2CO[C@@H](c3ccccc3)O[C@H]2[C@H](OC)[C@H]1OC.[C-]#[O+].[C-]#[O+].[C-]#[O+].[Cr]. The molecule has 29 heavy (non-hydrogen) atoms. The zero-order valence-corrected chi connectivity index (χ0v) is 17.4. The standard InChI is InChI=1S/C16H22O6.3CO.Cr/c1-17-13-12-11(21-16(19-3)14(13)18-2)9-20-15(22-12)10-7-5-4-6-8-10;3*1-2;/h4-8,11-16H,9H2,1-3H3;;;;/t11-,12-,13+,14-,15-,16+;;;;/m1..../s1. The number of fused-ring (bicyclic) bond motifs is 1. The molecule has 3 rings (SSSR count). The van der Waals surface area contributed by atoms with Crippen LogP contribution in [0.15, 0.2) is 30.3 Å². The summed E-state index contributed by atoms with van der Waals surface area (Å²) in [4.78, 5) is 0. The van der Waals surface area contributed by atoms with E-state index >= 15 is 0 Å². The molecule has 10 heteroatoms. The Morgan fingerprint density at radius 1 is 0.828 bits per heavy atom. The van der Waals surface area contributed by atoms with Crippen molar-refractivity contribution in [1.82, 2.24) is 0 Å². The van der Waals surface area contributed by atoms with Crippen molar-refractivity contribution in [2.75, 3.05) is 27.9 Å². The van der Waals surface area contributed by atoms with E-state index in [0.29, 0.717) is 6.61 Å². The van der Waals surface area contributed by atoms with Crippen LogP contribution in [-0.2, 0) is 59.7 Å². The molecule has 0 unspecified atom stereocenters. The van der Waals surface area contributed by atoms with Crippen molar-refractivity contribution in [3.63, 3.8) is 0 Å². The Bertz CT molecular complexity index is 578. The van der Waals surface area contributed by atoms with E-state index < -0.39 is 12.6 Å². The first-order chi connectivity index (χ1) is 13.8. The van der Waals surface area contributed by atoms with Crippen LogP contribution >= 0.6 is 0 Å².